The Morgan fingerprint density at radius 3 is 2.19 bits per heavy atom. The Morgan fingerprint density at radius 2 is 1.55 bits per heavy atom. The fourth-order valence-electron chi connectivity index (χ4n) is 6.58. The molecule has 2 saturated carbocycles. The average molecular weight is 687 g/mol. The third-order valence-electron chi connectivity index (χ3n) is 9.34. The number of aliphatic hydroxyl groups is 2. The van der Waals surface area contributed by atoms with Crippen molar-refractivity contribution >= 4 is 13.7 Å². The highest BCUT2D eigenvalue weighted by molar-refractivity contribution is 7.50. The summed E-state index contributed by atoms with van der Waals surface area (Å²) >= 11 is 0. The van der Waals surface area contributed by atoms with Crippen molar-refractivity contribution in [1.82, 2.24) is 24.4 Å². The first-order valence-electron chi connectivity index (χ1n) is 17.0. The molecule has 5 aliphatic rings. The summed E-state index contributed by atoms with van der Waals surface area (Å²) in [7, 11) is -4.11. The van der Waals surface area contributed by atoms with Crippen molar-refractivity contribution in [2.45, 2.75) is 101 Å². The molecule has 1 aromatic heterocycles. The molecule has 4 heterocycles. The van der Waals surface area contributed by atoms with Gasteiger partial charge in [-0.2, -0.15) is 0 Å². The maximum absolute atomic E-state index is 12.3. The predicted molar refractivity (Wildman–Crippen MR) is 172 cm³/mol. The van der Waals surface area contributed by atoms with Gasteiger partial charge in [0.05, 0.1) is 39.1 Å². The minimum atomic E-state index is -4.11. The number of hydrogen-bond donors (Lipinski definition) is 5. The maximum Gasteiger partial charge on any atom is 0.405 e. The van der Waals surface area contributed by atoms with Crippen molar-refractivity contribution in [2.75, 3.05) is 59.2 Å². The molecule has 5 fully saturated rings. The standard InChI is InChI=1S/C17H31N3O.C13H20N3O9P/c1-3-7-15(8-4-1)18-17(20-11-13-21-14-12-20)19-16-9-5-2-6-10-16;17-9-1-2-16(13(20)14-9)12-11(19)10(18)8(25-12)7-24-26(21,22)15-3-5-23-6-4-15/h15-16H,1-14H2,(H,18,19);1-2,8,10-12,18-19H,3-7H2,(H,21,22)(H,14,17,20). The van der Waals surface area contributed by atoms with E-state index in [-0.39, 0.29) is 13.1 Å². The van der Waals surface area contributed by atoms with Gasteiger partial charge in [0, 0.05) is 44.5 Å². The first kappa shape index (κ1) is 36.1. The van der Waals surface area contributed by atoms with Crippen molar-refractivity contribution < 1.29 is 38.4 Å². The van der Waals surface area contributed by atoms with Crippen LogP contribution in [0.3, 0.4) is 0 Å². The number of morpholine rings is 2. The van der Waals surface area contributed by atoms with E-state index >= 15 is 0 Å². The summed E-state index contributed by atoms with van der Waals surface area (Å²) in [5.41, 5.74) is -1.44. The van der Waals surface area contributed by atoms with Gasteiger partial charge in [0.1, 0.15) is 18.3 Å². The lowest BCUT2D eigenvalue weighted by Gasteiger charge is -2.34. The van der Waals surface area contributed by atoms with Crippen molar-refractivity contribution in [3.05, 3.63) is 33.1 Å². The smallest absolute Gasteiger partial charge is 0.387 e. The minimum absolute atomic E-state index is 0.222. The van der Waals surface area contributed by atoms with Gasteiger partial charge in [0.2, 0.25) is 0 Å². The van der Waals surface area contributed by atoms with E-state index in [1.54, 1.807) is 0 Å². The lowest BCUT2D eigenvalue weighted by molar-refractivity contribution is -0.0545. The Hall–Kier alpha value is -2.14. The van der Waals surface area contributed by atoms with Crippen LogP contribution in [0.4, 0.5) is 0 Å². The third-order valence-corrected chi connectivity index (χ3v) is 10.9. The van der Waals surface area contributed by atoms with Gasteiger partial charge in [0.15, 0.2) is 12.2 Å². The quantitative estimate of drug-likeness (QED) is 0.151. The van der Waals surface area contributed by atoms with Crippen LogP contribution in [0.1, 0.15) is 70.4 Å². The van der Waals surface area contributed by atoms with Gasteiger partial charge >= 0.3 is 13.4 Å². The number of guanidine groups is 1. The van der Waals surface area contributed by atoms with E-state index in [0.29, 0.717) is 25.3 Å². The number of ether oxygens (including phenoxy) is 3. The topological polar surface area (TPSA) is 200 Å². The Bertz CT molecular complexity index is 1300. The van der Waals surface area contributed by atoms with E-state index < -0.39 is 50.1 Å². The van der Waals surface area contributed by atoms with Gasteiger partial charge in [-0.1, -0.05) is 38.5 Å². The molecule has 0 bridgehead atoms. The molecule has 0 spiro atoms. The number of hydrogen-bond acceptors (Lipinski definition) is 10. The SMILES string of the molecule is C1CCC(N=C(NC2CCCCC2)N2CCOCC2)CC1.O=c1ccn(C2OC(COP(=O)(O)N3CCOCC3)C(O)C2O)c(=O)[nH]1. The summed E-state index contributed by atoms with van der Waals surface area (Å²) < 4.78 is 35.5. The van der Waals surface area contributed by atoms with E-state index in [1.165, 1.54) is 74.8 Å². The Morgan fingerprint density at radius 1 is 0.936 bits per heavy atom. The summed E-state index contributed by atoms with van der Waals surface area (Å²) in [6, 6.07) is 2.25. The molecular weight excluding hydrogens is 635 g/mol. The highest BCUT2D eigenvalue weighted by Crippen LogP contribution is 2.47. The zero-order chi connectivity index (χ0) is 33.2. The molecule has 0 aromatic carbocycles. The number of nitrogens with zero attached hydrogens (tertiary/aromatic N) is 4. The number of aliphatic hydroxyl groups excluding tert-OH is 2. The Labute approximate surface area is 274 Å². The van der Waals surface area contributed by atoms with Gasteiger partial charge in [0.25, 0.3) is 5.56 Å². The second-order valence-electron chi connectivity index (χ2n) is 12.7. The Kier molecular flexibility index (Phi) is 13.5. The third kappa shape index (κ3) is 10.2. The van der Waals surface area contributed by atoms with Gasteiger partial charge in [-0.3, -0.25) is 18.9 Å². The maximum atomic E-state index is 12.3. The molecule has 5 atom stereocenters. The molecule has 5 unspecified atom stereocenters. The van der Waals surface area contributed by atoms with Crippen molar-refractivity contribution in [3.8, 4) is 0 Å². The summed E-state index contributed by atoms with van der Waals surface area (Å²) in [6.07, 6.45) is 9.20. The lowest BCUT2D eigenvalue weighted by Crippen LogP contribution is -2.51. The molecule has 2 aliphatic carbocycles. The second-order valence-corrected chi connectivity index (χ2v) is 14.5. The largest absolute Gasteiger partial charge is 0.405 e. The van der Waals surface area contributed by atoms with Crippen LogP contribution in [-0.4, -0.2) is 130 Å². The normalized spacial score (nSPS) is 29.9. The number of H-pyrrole nitrogens is 1. The number of rotatable bonds is 7. The summed E-state index contributed by atoms with van der Waals surface area (Å²) in [5, 5.41) is 24.0. The van der Waals surface area contributed by atoms with Gasteiger partial charge in [-0.25, -0.2) is 19.0 Å². The van der Waals surface area contributed by atoms with Crippen LogP contribution in [0.5, 0.6) is 0 Å². The average Bonchev–Trinajstić information content (AvgIpc) is 3.38. The van der Waals surface area contributed by atoms with Crippen LogP contribution in [0.2, 0.25) is 0 Å². The molecule has 3 saturated heterocycles. The zero-order valence-electron chi connectivity index (χ0n) is 27.0. The molecule has 3 aliphatic heterocycles. The number of nitrogens with one attached hydrogen (secondary N) is 2. The monoisotopic (exact) mass is 686 g/mol. The number of aliphatic imine (C=N–C) groups is 1. The molecule has 5 N–H and O–H groups in total. The van der Waals surface area contributed by atoms with E-state index in [2.05, 4.69) is 10.2 Å². The molecule has 0 amide bonds. The first-order valence-corrected chi connectivity index (χ1v) is 18.5. The van der Waals surface area contributed by atoms with E-state index in [9.17, 15) is 29.3 Å². The lowest BCUT2D eigenvalue weighted by atomic mass is 9.95. The summed E-state index contributed by atoms with van der Waals surface area (Å²) in [5.74, 6) is 1.18. The minimum Gasteiger partial charge on any atom is -0.387 e. The number of aromatic nitrogens is 2. The van der Waals surface area contributed by atoms with Crippen LogP contribution in [0, 0.1) is 0 Å². The van der Waals surface area contributed by atoms with E-state index in [4.69, 9.17) is 23.7 Å². The molecule has 0 radical (unpaired) electrons. The molecule has 17 heteroatoms. The number of aromatic amines is 1. The van der Waals surface area contributed by atoms with Crippen LogP contribution in [0.15, 0.2) is 26.8 Å². The summed E-state index contributed by atoms with van der Waals surface area (Å²) in [4.78, 5) is 42.5. The molecule has 47 heavy (non-hydrogen) atoms. The van der Waals surface area contributed by atoms with Crippen molar-refractivity contribution in [3.63, 3.8) is 0 Å². The highest BCUT2D eigenvalue weighted by atomic mass is 31.2. The van der Waals surface area contributed by atoms with Gasteiger partial charge in [-0.15, -0.1) is 0 Å². The highest BCUT2D eigenvalue weighted by Gasteiger charge is 2.45. The predicted octanol–water partition coefficient (Wildman–Crippen LogP) is 0.535. The van der Waals surface area contributed by atoms with E-state index in [0.717, 1.165) is 43.1 Å². The van der Waals surface area contributed by atoms with Crippen LogP contribution in [0.25, 0.3) is 0 Å². The fraction of sp³-hybridized carbons (Fsp3) is 0.833. The molecule has 16 nitrogen and oxygen atoms in total. The second kappa shape index (κ2) is 17.5. The zero-order valence-corrected chi connectivity index (χ0v) is 27.9. The van der Waals surface area contributed by atoms with Crippen LogP contribution in [-0.2, 0) is 23.3 Å². The van der Waals surface area contributed by atoms with Gasteiger partial charge < -0.3 is 39.5 Å². The first-order chi connectivity index (χ1) is 22.7. The molecule has 266 valence electrons. The summed E-state index contributed by atoms with van der Waals surface area (Å²) in [6.45, 7) is 4.24. The molecule has 6 rings (SSSR count). The van der Waals surface area contributed by atoms with Crippen LogP contribution >= 0.6 is 7.75 Å². The Balaban J connectivity index is 0.000000189. The molecule has 1 aromatic rings. The van der Waals surface area contributed by atoms with Gasteiger partial charge in [-0.05, 0) is 25.7 Å². The molecular formula is C30H51N6O10P. The fourth-order valence-corrected chi connectivity index (χ4v) is 7.75. The van der Waals surface area contributed by atoms with E-state index in [1.807, 2.05) is 4.98 Å². The van der Waals surface area contributed by atoms with Crippen LogP contribution < -0.4 is 16.6 Å². The van der Waals surface area contributed by atoms with Crippen molar-refractivity contribution in [1.29, 1.82) is 0 Å². The van der Waals surface area contributed by atoms with Crippen molar-refractivity contribution in [2.24, 2.45) is 4.99 Å².